The largest absolute Gasteiger partial charge is 0.346 e. The summed E-state index contributed by atoms with van der Waals surface area (Å²) in [6.45, 7) is 6.43. The third-order valence-electron chi connectivity index (χ3n) is 2.96. The zero-order valence-electron chi connectivity index (χ0n) is 11.8. The van der Waals surface area contributed by atoms with Crippen LogP contribution in [-0.2, 0) is 6.54 Å². The van der Waals surface area contributed by atoms with Crippen LogP contribution in [0.4, 0.5) is 0 Å². The van der Waals surface area contributed by atoms with Crippen LogP contribution in [0.25, 0.3) is 0 Å². The Morgan fingerprint density at radius 1 is 1.25 bits per heavy atom. The molecule has 0 aliphatic rings. The predicted octanol–water partition coefficient (Wildman–Crippen LogP) is 0.831. The second-order valence-electron chi connectivity index (χ2n) is 4.95. The third kappa shape index (κ3) is 3.59. The topological polar surface area (TPSA) is 85.6 Å². The fourth-order valence-corrected chi connectivity index (χ4v) is 1.69. The molecule has 0 radical (unpaired) electrons. The first-order valence-corrected chi connectivity index (χ1v) is 6.50. The van der Waals surface area contributed by atoms with E-state index >= 15 is 0 Å². The molecule has 1 amide bonds. The van der Waals surface area contributed by atoms with Gasteiger partial charge >= 0.3 is 0 Å². The van der Waals surface area contributed by atoms with Crippen LogP contribution in [0.15, 0.2) is 24.8 Å². The molecule has 0 saturated carbocycles. The summed E-state index contributed by atoms with van der Waals surface area (Å²) in [5.74, 6) is 0.0201. The summed E-state index contributed by atoms with van der Waals surface area (Å²) < 4.78 is 0. The van der Waals surface area contributed by atoms with E-state index in [2.05, 4.69) is 25.5 Å². The highest BCUT2D eigenvalue weighted by Gasteiger charge is 2.19. The van der Waals surface area contributed by atoms with Crippen molar-refractivity contribution in [1.29, 1.82) is 0 Å². The van der Waals surface area contributed by atoms with Gasteiger partial charge in [-0.1, -0.05) is 13.8 Å². The first-order valence-electron chi connectivity index (χ1n) is 6.50. The Morgan fingerprint density at radius 2 is 1.95 bits per heavy atom. The van der Waals surface area contributed by atoms with Gasteiger partial charge in [-0.15, -0.1) is 0 Å². The molecule has 2 heterocycles. The number of aryl methyl sites for hydroxylation is 1. The van der Waals surface area contributed by atoms with Crippen molar-refractivity contribution in [3.63, 3.8) is 0 Å². The minimum Gasteiger partial charge on any atom is -0.346 e. The Morgan fingerprint density at radius 3 is 2.50 bits per heavy atom. The van der Waals surface area contributed by atoms with Crippen LogP contribution in [0.1, 0.15) is 30.0 Å². The highest BCUT2D eigenvalue weighted by Crippen LogP contribution is 2.05. The molecule has 1 N–H and O–H groups in total. The van der Waals surface area contributed by atoms with E-state index in [1.807, 2.05) is 20.8 Å². The number of carbonyl (C=O) groups is 1. The Bertz CT molecular complexity index is 549. The van der Waals surface area contributed by atoms with Crippen LogP contribution in [-0.4, -0.2) is 36.9 Å². The number of amides is 1. The maximum absolute atomic E-state index is 12.1. The highest BCUT2D eigenvalue weighted by atomic mass is 16.2. The van der Waals surface area contributed by atoms with Crippen molar-refractivity contribution < 1.29 is 4.79 Å². The summed E-state index contributed by atoms with van der Waals surface area (Å²) in [6.07, 6.45) is 6.29. The van der Waals surface area contributed by atoms with Crippen molar-refractivity contribution in [3.8, 4) is 0 Å². The molecule has 0 bridgehead atoms. The highest BCUT2D eigenvalue weighted by molar-refractivity contribution is 5.92. The monoisotopic (exact) mass is 274 g/mol. The molecule has 0 aliphatic carbocycles. The number of rotatable bonds is 5. The van der Waals surface area contributed by atoms with Crippen molar-refractivity contribution in [1.82, 2.24) is 30.3 Å². The Balaban J connectivity index is 2.04. The maximum atomic E-state index is 12.1. The lowest BCUT2D eigenvalue weighted by molar-refractivity contribution is 0.0912. The van der Waals surface area contributed by atoms with Gasteiger partial charge in [-0.05, 0) is 12.8 Å². The van der Waals surface area contributed by atoms with Gasteiger partial charge in [0.05, 0.1) is 36.9 Å². The average Bonchev–Trinajstić information content (AvgIpc) is 2.91. The summed E-state index contributed by atoms with van der Waals surface area (Å²) >= 11 is 0. The third-order valence-corrected chi connectivity index (χ3v) is 2.96. The standard InChI is InChI=1S/C13H18N6O/c1-9(2)12(8-19-16-4-5-17-19)18-13(20)11-7-14-10(3)6-15-11/h4-7,9,12H,8H2,1-3H3,(H,18,20)/t12-/m0/s1. The van der Waals surface area contributed by atoms with E-state index in [1.165, 1.54) is 6.20 Å². The number of hydrogen-bond acceptors (Lipinski definition) is 5. The second-order valence-corrected chi connectivity index (χ2v) is 4.95. The number of carbonyl (C=O) groups excluding carboxylic acids is 1. The number of nitrogens with zero attached hydrogens (tertiary/aromatic N) is 5. The molecule has 0 aromatic carbocycles. The number of hydrogen-bond donors (Lipinski definition) is 1. The SMILES string of the molecule is Cc1cnc(C(=O)N[C@@H](Cn2nccn2)C(C)C)cn1. The van der Waals surface area contributed by atoms with Crippen LogP contribution >= 0.6 is 0 Å². The maximum Gasteiger partial charge on any atom is 0.271 e. The van der Waals surface area contributed by atoms with E-state index in [1.54, 1.807) is 23.4 Å². The molecule has 1 atom stereocenters. The molecule has 7 nitrogen and oxygen atoms in total. The Labute approximate surface area is 117 Å². The molecule has 0 saturated heterocycles. The molecule has 2 rings (SSSR count). The summed E-state index contributed by atoms with van der Waals surface area (Å²) in [7, 11) is 0. The smallest absolute Gasteiger partial charge is 0.271 e. The quantitative estimate of drug-likeness (QED) is 0.873. The molecule has 7 heteroatoms. The van der Waals surface area contributed by atoms with Crippen LogP contribution < -0.4 is 5.32 Å². The van der Waals surface area contributed by atoms with Gasteiger partial charge < -0.3 is 5.32 Å². The molecule has 20 heavy (non-hydrogen) atoms. The van der Waals surface area contributed by atoms with Crippen molar-refractivity contribution >= 4 is 5.91 Å². The number of aromatic nitrogens is 5. The molecular weight excluding hydrogens is 256 g/mol. The van der Waals surface area contributed by atoms with Crippen molar-refractivity contribution in [3.05, 3.63) is 36.2 Å². The van der Waals surface area contributed by atoms with Gasteiger partial charge in [-0.2, -0.15) is 15.0 Å². The zero-order chi connectivity index (χ0) is 14.5. The van der Waals surface area contributed by atoms with E-state index in [-0.39, 0.29) is 17.9 Å². The van der Waals surface area contributed by atoms with Crippen LogP contribution in [0.5, 0.6) is 0 Å². The van der Waals surface area contributed by atoms with E-state index in [0.29, 0.717) is 12.2 Å². The Kier molecular flexibility index (Phi) is 4.39. The summed E-state index contributed by atoms with van der Waals surface area (Å²) in [4.78, 5) is 21.8. The first kappa shape index (κ1) is 14.1. The number of nitrogens with one attached hydrogen (secondary N) is 1. The van der Waals surface area contributed by atoms with Crippen LogP contribution in [0, 0.1) is 12.8 Å². The molecule has 2 aromatic heterocycles. The van der Waals surface area contributed by atoms with Crippen LogP contribution in [0.3, 0.4) is 0 Å². The van der Waals surface area contributed by atoms with Gasteiger partial charge in [0, 0.05) is 6.20 Å². The molecule has 0 fully saturated rings. The minimum atomic E-state index is -0.233. The zero-order valence-corrected chi connectivity index (χ0v) is 11.8. The van der Waals surface area contributed by atoms with Gasteiger partial charge in [-0.25, -0.2) is 4.98 Å². The molecule has 0 aliphatic heterocycles. The molecular formula is C13H18N6O. The van der Waals surface area contributed by atoms with Crippen LogP contribution in [0.2, 0.25) is 0 Å². The predicted molar refractivity (Wildman–Crippen MR) is 72.9 cm³/mol. The first-order chi connectivity index (χ1) is 9.56. The lowest BCUT2D eigenvalue weighted by atomic mass is 10.0. The fourth-order valence-electron chi connectivity index (χ4n) is 1.69. The second kappa shape index (κ2) is 6.23. The average molecular weight is 274 g/mol. The van der Waals surface area contributed by atoms with E-state index in [4.69, 9.17) is 0 Å². The lowest BCUT2D eigenvalue weighted by Gasteiger charge is -2.21. The summed E-state index contributed by atoms with van der Waals surface area (Å²) in [6, 6.07) is -0.0713. The van der Waals surface area contributed by atoms with Gasteiger partial charge in [0.2, 0.25) is 0 Å². The normalized spacial score (nSPS) is 12.4. The molecule has 106 valence electrons. The fraction of sp³-hybridized carbons (Fsp3) is 0.462. The van der Waals surface area contributed by atoms with Crippen molar-refractivity contribution in [2.45, 2.75) is 33.4 Å². The Hall–Kier alpha value is -2.31. The molecule has 0 unspecified atom stereocenters. The van der Waals surface area contributed by atoms with Crippen molar-refractivity contribution in [2.75, 3.05) is 0 Å². The lowest BCUT2D eigenvalue weighted by Crippen LogP contribution is -2.42. The van der Waals surface area contributed by atoms with Crippen molar-refractivity contribution in [2.24, 2.45) is 5.92 Å². The molecule has 2 aromatic rings. The van der Waals surface area contributed by atoms with Gasteiger partial charge in [-0.3, -0.25) is 9.78 Å². The van der Waals surface area contributed by atoms with Gasteiger partial charge in [0.15, 0.2) is 0 Å². The summed E-state index contributed by atoms with van der Waals surface area (Å²) in [5.41, 5.74) is 1.09. The van der Waals surface area contributed by atoms with E-state index in [9.17, 15) is 4.79 Å². The van der Waals surface area contributed by atoms with E-state index < -0.39 is 0 Å². The minimum absolute atomic E-state index is 0.0713. The molecule has 0 spiro atoms. The van der Waals surface area contributed by atoms with Gasteiger partial charge in [0.1, 0.15) is 5.69 Å². The van der Waals surface area contributed by atoms with E-state index in [0.717, 1.165) is 5.69 Å². The van der Waals surface area contributed by atoms with Gasteiger partial charge in [0.25, 0.3) is 5.91 Å². The summed E-state index contributed by atoms with van der Waals surface area (Å²) in [5, 5.41) is 11.1.